The van der Waals surface area contributed by atoms with Crippen LogP contribution in [0.3, 0.4) is 0 Å². The maximum atomic E-state index is 13.4. The molecular formula is C28H35N7O4. The fourth-order valence-corrected chi connectivity index (χ4v) is 5.13. The van der Waals surface area contributed by atoms with Crippen molar-refractivity contribution in [3.8, 4) is 6.01 Å². The Hall–Kier alpha value is -4.02. The van der Waals surface area contributed by atoms with Gasteiger partial charge >= 0.3 is 6.01 Å². The number of nitrogens with zero attached hydrogens (tertiary/aromatic N) is 5. The number of piperidine rings is 2. The van der Waals surface area contributed by atoms with E-state index in [1.54, 1.807) is 29.2 Å². The first-order chi connectivity index (χ1) is 18.9. The zero-order valence-corrected chi connectivity index (χ0v) is 22.4. The minimum Gasteiger partial charge on any atom is -0.460 e. The van der Waals surface area contributed by atoms with Crippen LogP contribution in [0.15, 0.2) is 41.5 Å². The van der Waals surface area contributed by atoms with Crippen LogP contribution in [-0.2, 0) is 4.79 Å². The number of aromatic nitrogens is 4. The van der Waals surface area contributed by atoms with Crippen LogP contribution in [0.1, 0.15) is 56.4 Å². The number of H-pyrrole nitrogens is 1. The molecule has 0 aliphatic carbocycles. The summed E-state index contributed by atoms with van der Waals surface area (Å²) in [5.74, 6) is -1.03. The lowest BCUT2D eigenvalue weighted by Gasteiger charge is -2.35. The van der Waals surface area contributed by atoms with Gasteiger partial charge in [0.25, 0.3) is 11.5 Å². The van der Waals surface area contributed by atoms with E-state index in [4.69, 9.17) is 4.74 Å². The molecule has 0 spiro atoms. The summed E-state index contributed by atoms with van der Waals surface area (Å²) in [6.45, 7) is 6.77. The molecule has 0 saturated carbocycles. The van der Waals surface area contributed by atoms with Gasteiger partial charge in [-0.1, -0.05) is 26.0 Å². The van der Waals surface area contributed by atoms with E-state index in [1.165, 1.54) is 19.3 Å². The first kappa shape index (κ1) is 26.6. The van der Waals surface area contributed by atoms with Crippen LogP contribution in [0.4, 0.5) is 5.69 Å². The van der Waals surface area contributed by atoms with Gasteiger partial charge in [-0.05, 0) is 37.3 Å². The molecule has 2 fully saturated rings. The lowest BCUT2D eigenvalue weighted by atomic mass is 10.00. The van der Waals surface area contributed by atoms with Gasteiger partial charge in [0, 0.05) is 39.0 Å². The fourth-order valence-electron chi connectivity index (χ4n) is 5.13. The first-order valence-corrected chi connectivity index (χ1v) is 13.7. The highest BCUT2D eigenvalue weighted by atomic mass is 16.5. The van der Waals surface area contributed by atoms with E-state index in [2.05, 4.69) is 30.2 Å². The molecule has 0 unspecified atom stereocenters. The number of ether oxygens (including phenoxy) is 1. The molecular weight excluding hydrogens is 498 g/mol. The van der Waals surface area contributed by atoms with Crippen molar-refractivity contribution in [3.05, 3.63) is 52.7 Å². The second kappa shape index (κ2) is 11.8. The molecule has 2 amide bonds. The Balaban J connectivity index is 1.17. The number of carbonyl (C=O) groups is 2. The first-order valence-electron chi connectivity index (χ1n) is 13.7. The smallest absolute Gasteiger partial charge is 0.316 e. The molecule has 2 aliphatic rings. The van der Waals surface area contributed by atoms with Crippen LogP contribution in [-0.4, -0.2) is 75.0 Å². The summed E-state index contributed by atoms with van der Waals surface area (Å²) in [6.07, 6.45) is 8.45. The number of nitrogens with one attached hydrogen (secondary N) is 2. The number of hydrogen-bond donors (Lipinski definition) is 2. The molecule has 3 aromatic rings. The van der Waals surface area contributed by atoms with Gasteiger partial charge in [0.1, 0.15) is 12.1 Å². The van der Waals surface area contributed by atoms with E-state index in [0.717, 1.165) is 18.8 Å². The molecule has 2 aliphatic heterocycles. The lowest BCUT2D eigenvalue weighted by Crippen LogP contribution is -2.54. The van der Waals surface area contributed by atoms with Crippen LogP contribution in [0, 0.1) is 5.92 Å². The van der Waals surface area contributed by atoms with E-state index in [1.807, 2.05) is 26.2 Å². The highest BCUT2D eigenvalue weighted by molar-refractivity contribution is 5.97. The number of anilines is 1. The summed E-state index contributed by atoms with van der Waals surface area (Å²) in [6, 6.07) is 6.55. The van der Waals surface area contributed by atoms with Gasteiger partial charge in [-0.3, -0.25) is 14.4 Å². The molecule has 206 valence electrons. The molecule has 1 aromatic carbocycles. The minimum absolute atomic E-state index is 0.0951. The summed E-state index contributed by atoms with van der Waals surface area (Å²) in [7, 11) is 0. The maximum Gasteiger partial charge on any atom is 0.316 e. The normalized spacial score (nSPS) is 17.3. The molecule has 2 N–H and O–H groups in total. The SMILES string of the molecule is CC(C)[C@H](NC(=O)c1nc2ccccc2[nH]c1=O)C(=O)N1CCC(Oc2ncc(N3CCCCC3)cn2)CC1. The average Bonchev–Trinajstić information content (AvgIpc) is 2.96. The van der Waals surface area contributed by atoms with Crippen molar-refractivity contribution in [2.24, 2.45) is 5.92 Å². The Kier molecular flexibility index (Phi) is 8.04. The highest BCUT2D eigenvalue weighted by Crippen LogP contribution is 2.21. The Morgan fingerprint density at radius 1 is 1.03 bits per heavy atom. The van der Waals surface area contributed by atoms with Gasteiger partial charge in [-0.15, -0.1) is 0 Å². The van der Waals surface area contributed by atoms with E-state index < -0.39 is 17.5 Å². The number of rotatable bonds is 7. The van der Waals surface area contributed by atoms with Gasteiger partial charge in [-0.2, -0.15) is 0 Å². The second-order valence-electron chi connectivity index (χ2n) is 10.5. The third-order valence-electron chi connectivity index (χ3n) is 7.40. The third kappa shape index (κ3) is 6.18. The molecule has 5 rings (SSSR count). The fraction of sp³-hybridized carbons (Fsp3) is 0.500. The molecule has 1 atom stereocenters. The van der Waals surface area contributed by atoms with Crippen molar-refractivity contribution in [2.75, 3.05) is 31.1 Å². The van der Waals surface area contributed by atoms with Gasteiger partial charge in [-0.25, -0.2) is 15.0 Å². The molecule has 4 heterocycles. The van der Waals surface area contributed by atoms with Crippen LogP contribution in [0.5, 0.6) is 6.01 Å². The lowest BCUT2D eigenvalue weighted by molar-refractivity contribution is -0.136. The number of benzene rings is 1. The van der Waals surface area contributed by atoms with Crippen LogP contribution < -0.4 is 20.5 Å². The van der Waals surface area contributed by atoms with Crippen molar-refractivity contribution in [2.45, 2.75) is 58.1 Å². The number of aromatic amines is 1. The van der Waals surface area contributed by atoms with Gasteiger partial charge in [0.05, 0.1) is 29.1 Å². The van der Waals surface area contributed by atoms with Gasteiger partial charge in [0.2, 0.25) is 5.91 Å². The molecule has 11 nitrogen and oxygen atoms in total. The second-order valence-corrected chi connectivity index (χ2v) is 10.5. The van der Waals surface area contributed by atoms with Crippen molar-refractivity contribution in [1.82, 2.24) is 30.2 Å². The Morgan fingerprint density at radius 2 is 1.72 bits per heavy atom. The maximum absolute atomic E-state index is 13.4. The van der Waals surface area contributed by atoms with E-state index in [-0.39, 0.29) is 23.6 Å². The van der Waals surface area contributed by atoms with E-state index in [9.17, 15) is 14.4 Å². The standard InChI is InChI=1S/C28H35N7O4/c1-18(2)23(33-26(37)24-25(36)32-22-9-5-4-8-21(22)31-24)27(38)35-14-10-20(11-15-35)39-28-29-16-19(17-30-28)34-12-6-3-7-13-34/h4-5,8-9,16-18,20,23H,3,6-7,10-15H2,1-2H3,(H,32,36)(H,33,37)/t23-/m0/s1. The molecule has 0 radical (unpaired) electrons. The summed E-state index contributed by atoms with van der Waals surface area (Å²) in [5, 5.41) is 2.75. The van der Waals surface area contributed by atoms with Gasteiger partial charge in [0.15, 0.2) is 5.69 Å². The van der Waals surface area contributed by atoms with Crippen molar-refractivity contribution < 1.29 is 14.3 Å². The zero-order valence-electron chi connectivity index (χ0n) is 22.4. The molecule has 39 heavy (non-hydrogen) atoms. The largest absolute Gasteiger partial charge is 0.460 e. The van der Waals surface area contributed by atoms with Crippen LogP contribution >= 0.6 is 0 Å². The van der Waals surface area contributed by atoms with Crippen molar-refractivity contribution in [3.63, 3.8) is 0 Å². The Bertz CT molecular complexity index is 1360. The number of hydrogen-bond acceptors (Lipinski definition) is 8. The van der Waals surface area contributed by atoms with Gasteiger partial charge < -0.3 is 24.8 Å². The Labute approximate surface area is 227 Å². The molecule has 11 heteroatoms. The topological polar surface area (TPSA) is 133 Å². The predicted molar refractivity (Wildman–Crippen MR) is 147 cm³/mol. The third-order valence-corrected chi connectivity index (χ3v) is 7.40. The quantitative estimate of drug-likeness (QED) is 0.473. The number of para-hydroxylation sites is 2. The monoisotopic (exact) mass is 533 g/mol. The number of likely N-dealkylation sites (tertiary alicyclic amines) is 1. The molecule has 2 saturated heterocycles. The number of amides is 2. The summed E-state index contributed by atoms with van der Waals surface area (Å²) in [5.41, 5.74) is 1.21. The number of carbonyl (C=O) groups excluding carboxylic acids is 2. The summed E-state index contributed by atoms with van der Waals surface area (Å²) < 4.78 is 6.01. The summed E-state index contributed by atoms with van der Waals surface area (Å²) >= 11 is 0. The van der Waals surface area contributed by atoms with E-state index in [0.29, 0.717) is 43.0 Å². The predicted octanol–water partition coefficient (Wildman–Crippen LogP) is 2.53. The summed E-state index contributed by atoms with van der Waals surface area (Å²) in [4.78, 5) is 58.6. The highest BCUT2D eigenvalue weighted by Gasteiger charge is 2.33. The Morgan fingerprint density at radius 3 is 2.41 bits per heavy atom. The van der Waals surface area contributed by atoms with Crippen molar-refractivity contribution >= 4 is 28.5 Å². The molecule has 0 bridgehead atoms. The van der Waals surface area contributed by atoms with Crippen LogP contribution in [0.25, 0.3) is 11.0 Å². The van der Waals surface area contributed by atoms with E-state index >= 15 is 0 Å². The zero-order chi connectivity index (χ0) is 27.4. The molecule has 2 aromatic heterocycles. The van der Waals surface area contributed by atoms with Crippen LogP contribution in [0.2, 0.25) is 0 Å². The minimum atomic E-state index is -0.784. The number of fused-ring (bicyclic) bond motifs is 1. The average molecular weight is 534 g/mol. The van der Waals surface area contributed by atoms with Crippen molar-refractivity contribution in [1.29, 1.82) is 0 Å².